The number of nitrogens with zero attached hydrogens (tertiary/aromatic N) is 2. The maximum absolute atomic E-state index is 11.7. The van der Waals surface area contributed by atoms with E-state index in [4.69, 9.17) is 17.3 Å². The predicted octanol–water partition coefficient (Wildman–Crippen LogP) is 1.18. The Morgan fingerprint density at radius 1 is 1.80 bits per heavy atom. The average Bonchev–Trinajstić information content (AvgIpc) is 2.53. The van der Waals surface area contributed by atoms with Gasteiger partial charge in [0, 0.05) is 0 Å². The molecule has 81 valence electrons. The van der Waals surface area contributed by atoms with Gasteiger partial charge in [0.25, 0.3) is 6.29 Å². The summed E-state index contributed by atoms with van der Waals surface area (Å²) in [7, 11) is 0. The van der Waals surface area contributed by atoms with Gasteiger partial charge in [0.05, 0.1) is 0 Å². The quantitative estimate of drug-likeness (QED) is 0.484. The first kappa shape index (κ1) is 11.9. The number of hydrogen-bond donors (Lipinski definition) is 1. The summed E-state index contributed by atoms with van der Waals surface area (Å²) in [4.78, 5) is 18.7. The summed E-state index contributed by atoms with van der Waals surface area (Å²) in [6.45, 7) is -0.953. The molecule has 1 radical (unpaired) electrons. The maximum Gasteiger partial charge on any atom is 0.259 e. The Morgan fingerprint density at radius 2 is 2.53 bits per heavy atom. The van der Waals surface area contributed by atoms with Gasteiger partial charge in [-0.15, -0.1) is 0 Å². The largest absolute Gasteiger partial charge is 0.392 e. The first-order valence-corrected chi connectivity index (χ1v) is 4.94. The van der Waals surface area contributed by atoms with Gasteiger partial charge in [-0.2, -0.15) is 0 Å². The molecule has 2 N–H and O–H groups in total. The van der Waals surface area contributed by atoms with Gasteiger partial charge in [0.15, 0.2) is 10.8 Å². The fourth-order valence-electron chi connectivity index (χ4n) is 0.718. The average molecular weight is 251 g/mol. The van der Waals surface area contributed by atoms with Crippen LogP contribution in [0.25, 0.3) is 0 Å². The third kappa shape index (κ3) is 3.14. The van der Waals surface area contributed by atoms with Crippen LogP contribution in [0.3, 0.4) is 0 Å². The Balaban J connectivity index is 2.87. The van der Waals surface area contributed by atoms with Gasteiger partial charge >= 0.3 is 0 Å². The summed E-state index contributed by atoms with van der Waals surface area (Å²) < 4.78 is 11.9. The standard InChI is InChI=1S/C7H6ClFN3O2S/c8-6-5(11-7(10)15-6)4(3-13)12-14-2-1-9/h1-2H2,(H2,10,11)/b12-4+. The molecule has 0 unspecified atom stereocenters. The number of nitrogens with two attached hydrogens (primary N) is 1. The lowest BCUT2D eigenvalue weighted by molar-refractivity contribution is 0.128. The Kier molecular flexibility index (Phi) is 4.44. The summed E-state index contributed by atoms with van der Waals surface area (Å²) in [5.41, 5.74) is 5.22. The molecule has 1 rings (SSSR count). The number of thiazole rings is 1. The number of halogens is 2. The third-order valence-electron chi connectivity index (χ3n) is 1.25. The number of carbonyl (C=O) groups excluding carboxylic acids is 1. The second-order valence-corrected chi connectivity index (χ2v) is 3.87. The minimum atomic E-state index is -0.706. The second-order valence-electron chi connectivity index (χ2n) is 2.24. The van der Waals surface area contributed by atoms with Crippen LogP contribution in [0.4, 0.5) is 9.52 Å². The smallest absolute Gasteiger partial charge is 0.259 e. The van der Waals surface area contributed by atoms with E-state index in [0.717, 1.165) is 11.3 Å². The molecule has 0 atom stereocenters. The van der Waals surface area contributed by atoms with Crippen molar-refractivity contribution < 1.29 is 14.0 Å². The lowest BCUT2D eigenvalue weighted by Gasteiger charge is -1.95. The van der Waals surface area contributed by atoms with Crippen molar-refractivity contribution in [3.05, 3.63) is 10.0 Å². The summed E-state index contributed by atoms with van der Waals surface area (Å²) in [6, 6.07) is 0. The molecule has 0 bridgehead atoms. The van der Waals surface area contributed by atoms with Crippen LogP contribution < -0.4 is 5.73 Å². The lowest BCUT2D eigenvalue weighted by Crippen LogP contribution is -2.06. The highest BCUT2D eigenvalue weighted by atomic mass is 35.5. The molecule has 0 spiro atoms. The van der Waals surface area contributed by atoms with Gasteiger partial charge in [0.1, 0.15) is 23.3 Å². The Hall–Kier alpha value is -1.21. The monoisotopic (exact) mass is 250 g/mol. The van der Waals surface area contributed by atoms with E-state index in [1.165, 1.54) is 6.29 Å². The normalized spacial score (nSPS) is 11.5. The molecule has 0 aliphatic rings. The van der Waals surface area contributed by atoms with Crippen LogP contribution in [0.5, 0.6) is 0 Å². The molecule has 15 heavy (non-hydrogen) atoms. The number of nitrogen functional groups attached to an aromatic ring is 1. The van der Waals surface area contributed by atoms with Gasteiger partial charge in [-0.3, -0.25) is 4.79 Å². The molecule has 1 heterocycles. The molecular formula is C7H6ClFN3O2S. The first-order chi connectivity index (χ1) is 7.19. The van der Waals surface area contributed by atoms with Crippen molar-refractivity contribution in [1.29, 1.82) is 0 Å². The van der Waals surface area contributed by atoms with E-state index in [1.807, 2.05) is 0 Å². The lowest BCUT2D eigenvalue weighted by atomic mass is 10.3. The summed E-state index contributed by atoms with van der Waals surface area (Å²) in [5, 5.41) is 3.53. The number of oxime groups is 1. The van der Waals surface area contributed by atoms with E-state index in [9.17, 15) is 9.18 Å². The Labute approximate surface area is 93.7 Å². The van der Waals surface area contributed by atoms with Crippen molar-refractivity contribution in [1.82, 2.24) is 4.98 Å². The van der Waals surface area contributed by atoms with Gasteiger partial charge in [0.2, 0.25) is 0 Å². The Morgan fingerprint density at radius 3 is 3.00 bits per heavy atom. The van der Waals surface area contributed by atoms with E-state index in [2.05, 4.69) is 15.0 Å². The second kappa shape index (κ2) is 5.62. The van der Waals surface area contributed by atoms with Gasteiger partial charge in [-0.05, 0) is 0 Å². The van der Waals surface area contributed by atoms with Crippen molar-refractivity contribution in [2.45, 2.75) is 0 Å². The molecule has 0 saturated carbocycles. The minimum absolute atomic E-state index is 0.0908. The van der Waals surface area contributed by atoms with Crippen LogP contribution in [0.2, 0.25) is 4.34 Å². The fraction of sp³-hybridized carbons (Fsp3) is 0.286. The number of hydrogen-bond acceptors (Lipinski definition) is 6. The Bertz CT molecular complexity index is 382. The van der Waals surface area contributed by atoms with Crippen LogP contribution in [0.15, 0.2) is 5.16 Å². The highest BCUT2D eigenvalue weighted by Gasteiger charge is 2.15. The van der Waals surface area contributed by atoms with Crippen LogP contribution in [-0.2, 0) is 9.63 Å². The SMILES string of the molecule is Nc1nc(/C([C]=O)=N/OCCF)c(Cl)s1. The van der Waals surface area contributed by atoms with E-state index in [1.54, 1.807) is 0 Å². The van der Waals surface area contributed by atoms with Crippen molar-refractivity contribution >= 4 is 40.1 Å². The van der Waals surface area contributed by atoms with Gasteiger partial charge in [-0.1, -0.05) is 28.1 Å². The zero-order chi connectivity index (χ0) is 11.3. The van der Waals surface area contributed by atoms with Crippen LogP contribution in [0, 0.1) is 0 Å². The molecule has 8 heteroatoms. The highest BCUT2D eigenvalue weighted by molar-refractivity contribution is 7.19. The molecule has 1 aromatic heterocycles. The molecule has 0 amide bonds. The molecule has 5 nitrogen and oxygen atoms in total. The number of rotatable bonds is 5. The van der Waals surface area contributed by atoms with Crippen LogP contribution in [-0.4, -0.2) is 30.3 Å². The molecule has 0 aliphatic heterocycles. The predicted molar refractivity (Wildman–Crippen MR) is 55.7 cm³/mol. The number of alkyl halides is 1. The molecular weight excluding hydrogens is 245 g/mol. The van der Waals surface area contributed by atoms with E-state index >= 15 is 0 Å². The molecule has 1 aromatic rings. The number of anilines is 1. The summed E-state index contributed by atoms with van der Waals surface area (Å²) >= 11 is 6.71. The summed E-state index contributed by atoms with van der Waals surface area (Å²) in [5.74, 6) is 0. The van der Waals surface area contributed by atoms with E-state index in [-0.39, 0.29) is 27.5 Å². The first-order valence-electron chi connectivity index (χ1n) is 3.75. The minimum Gasteiger partial charge on any atom is -0.392 e. The van der Waals surface area contributed by atoms with E-state index < -0.39 is 6.67 Å². The van der Waals surface area contributed by atoms with Gasteiger partial charge < -0.3 is 10.6 Å². The fourth-order valence-corrected chi connectivity index (χ4v) is 1.65. The van der Waals surface area contributed by atoms with Crippen LogP contribution >= 0.6 is 22.9 Å². The summed E-state index contributed by atoms with van der Waals surface area (Å²) in [6.07, 6.45) is 1.49. The maximum atomic E-state index is 11.7. The molecule has 0 aromatic carbocycles. The molecule has 0 aliphatic carbocycles. The van der Waals surface area contributed by atoms with Gasteiger partial charge in [-0.25, -0.2) is 9.37 Å². The topological polar surface area (TPSA) is 77.6 Å². The van der Waals surface area contributed by atoms with Crippen molar-refractivity contribution in [3.8, 4) is 0 Å². The van der Waals surface area contributed by atoms with Crippen molar-refractivity contribution in [3.63, 3.8) is 0 Å². The van der Waals surface area contributed by atoms with Crippen LogP contribution in [0.1, 0.15) is 5.69 Å². The zero-order valence-corrected chi connectivity index (χ0v) is 8.94. The highest BCUT2D eigenvalue weighted by Crippen LogP contribution is 2.25. The van der Waals surface area contributed by atoms with Crippen molar-refractivity contribution in [2.24, 2.45) is 5.16 Å². The van der Waals surface area contributed by atoms with E-state index in [0.29, 0.717) is 0 Å². The number of aromatic nitrogens is 1. The third-order valence-corrected chi connectivity index (χ3v) is 2.33. The van der Waals surface area contributed by atoms with Crippen molar-refractivity contribution in [2.75, 3.05) is 19.0 Å². The molecule has 0 saturated heterocycles. The zero-order valence-electron chi connectivity index (χ0n) is 7.37. The molecule has 0 fully saturated rings.